The molecule has 0 radical (unpaired) electrons. The first-order chi connectivity index (χ1) is 6.40. The van der Waals surface area contributed by atoms with Crippen molar-refractivity contribution in [3.63, 3.8) is 0 Å². The maximum absolute atomic E-state index is 5.58. The van der Waals surface area contributed by atoms with E-state index in [1.165, 1.54) is 6.33 Å². The fourth-order valence-corrected chi connectivity index (χ4v) is 1.02. The molecule has 13 heavy (non-hydrogen) atoms. The summed E-state index contributed by atoms with van der Waals surface area (Å²) in [5.74, 6) is 0.355. The normalized spacial score (nSPS) is 10.2. The van der Waals surface area contributed by atoms with Gasteiger partial charge in [-0.2, -0.15) is 0 Å². The van der Waals surface area contributed by atoms with Gasteiger partial charge in [0.15, 0.2) is 0 Å². The second-order valence-electron chi connectivity index (χ2n) is 2.38. The highest BCUT2D eigenvalue weighted by Crippen LogP contribution is 2.03. The summed E-state index contributed by atoms with van der Waals surface area (Å²) in [6.07, 6.45) is 6.51. The van der Waals surface area contributed by atoms with Gasteiger partial charge in [-0.15, -0.1) is 16.7 Å². The van der Waals surface area contributed by atoms with Crippen LogP contribution < -0.4 is 0 Å². The van der Waals surface area contributed by atoms with E-state index in [1.54, 1.807) is 23.3 Å². The van der Waals surface area contributed by atoms with Gasteiger partial charge in [-0.05, 0) is 0 Å². The molecule has 0 N–H and O–H groups in total. The standard InChI is InChI=1S/C7H6ClN5/c8-1-6-4-13(12-11-6)7-2-9-5-10-3-7/h2-5H,1H2. The number of halogens is 1. The van der Waals surface area contributed by atoms with Crippen LogP contribution in [0, 0.1) is 0 Å². The summed E-state index contributed by atoms with van der Waals surface area (Å²) in [6.45, 7) is 0. The lowest BCUT2D eigenvalue weighted by Gasteiger charge is -1.95. The van der Waals surface area contributed by atoms with E-state index < -0.39 is 0 Å². The maximum Gasteiger partial charge on any atom is 0.115 e. The quantitative estimate of drug-likeness (QED) is 0.665. The Hall–Kier alpha value is -1.49. The van der Waals surface area contributed by atoms with E-state index in [0.717, 1.165) is 11.4 Å². The molecular weight excluding hydrogens is 190 g/mol. The average molecular weight is 196 g/mol. The molecule has 0 atom stereocenters. The third kappa shape index (κ3) is 1.65. The van der Waals surface area contributed by atoms with Crippen LogP contribution in [0.15, 0.2) is 24.9 Å². The molecule has 0 saturated carbocycles. The molecule has 0 aromatic carbocycles. The molecule has 0 spiro atoms. The van der Waals surface area contributed by atoms with E-state index in [0.29, 0.717) is 5.88 Å². The highest BCUT2D eigenvalue weighted by molar-refractivity contribution is 6.16. The molecule has 0 unspecified atom stereocenters. The number of nitrogens with zero attached hydrogens (tertiary/aromatic N) is 5. The zero-order valence-corrected chi connectivity index (χ0v) is 7.39. The lowest BCUT2D eigenvalue weighted by Crippen LogP contribution is -1.95. The van der Waals surface area contributed by atoms with E-state index in [1.807, 2.05) is 0 Å². The Morgan fingerprint density at radius 2 is 2.08 bits per heavy atom. The average Bonchev–Trinajstić information content (AvgIpc) is 2.67. The van der Waals surface area contributed by atoms with Gasteiger partial charge in [0.1, 0.15) is 12.0 Å². The molecule has 0 fully saturated rings. The molecule has 0 amide bonds. The van der Waals surface area contributed by atoms with Crippen molar-refractivity contribution in [2.45, 2.75) is 5.88 Å². The molecule has 0 aliphatic carbocycles. The van der Waals surface area contributed by atoms with Crippen molar-refractivity contribution in [3.05, 3.63) is 30.6 Å². The molecule has 5 nitrogen and oxygen atoms in total. The Balaban J connectivity index is 2.36. The minimum absolute atomic E-state index is 0.355. The molecule has 2 aromatic rings. The number of hydrogen-bond acceptors (Lipinski definition) is 4. The molecule has 0 aliphatic rings. The molecule has 0 saturated heterocycles. The SMILES string of the molecule is ClCc1cn(-c2cncnc2)nn1. The summed E-state index contributed by atoms with van der Waals surface area (Å²) < 4.78 is 1.58. The minimum atomic E-state index is 0.355. The largest absolute Gasteiger partial charge is 0.243 e. The van der Waals surface area contributed by atoms with Gasteiger partial charge in [0, 0.05) is 0 Å². The van der Waals surface area contributed by atoms with Crippen LogP contribution in [0.3, 0.4) is 0 Å². The van der Waals surface area contributed by atoms with Gasteiger partial charge < -0.3 is 0 Å². The van der Waals surface area contributed by atoms with Gasteiger partial charge in [0.25, 0.3) is 0 Å². The molecule has 6 heteroatoms. The first kappa shape index (κ1) is 8.12. The van der Waals surface area contributed by atoms with Crippen molar-refractivity contribution in [3.8, 4) is 5.69 Å². The second-order valence-corrected chi connectivity index (χ2v) is 2.65. The van der Waals surface area contributed by atoms with Gasteiger partial charge in [-0.1, -0.05) is 5.21 Å². The number of aromatic nitrogens is 5. The summed E-state index contributed by atoms with van der Waals surface area (Å²) in [7, 11) is 0. The first-order valence-electron chi connectivity index (χ1n) is 3.63. The highest BCUT2D eigenvalue weighted by atomic mass is 35.5. The van der Waals surface area contributed by atoms with Crippen molar-refractivity contribution >= 4 is 11.6 Å². The minimum Gasteiger partial charge on any atom is -0.243 e. The molecule has 2 rings (SSSR count). The van der Waals surface area contributed by atoms with Crippen molar-refractivity contribution < 1.29 is 0 Å². The van der Waals surface area contributed by atoms with E-state index in [-0.39, 0.29) is 0 Å². The third-order valence-corrected chi connectivity index (χ3v) is 1.76. The second kappa shape index (κ2) is 3.49. The third-order valence-electron chi connectivity index (χ3n) is 1.49. The van der Waals surface area contributed by atoms with Crippen molar-refractivity contribution in [2.75, 3.05) is 0 Å². The fourth-order valence-electron chi connectivity index (χ4n) is 0.895. The number of alkyl halides is 1. The van der Waals surface area contributed by atoms with Crippen LogP contribution in [-0.2, 0) is 5.88 Å². The number of hydrogen-bond donors (Lipinski definition) is 0. The predicted molar refractivity (Wildman–Crippen MR) is 46.5 cm³/mol. The van der Waals surface area contributed by atoms with Crippen LogP contribution in [0.2, 0.25) is 0 Å². The van der Waals surface area contributed by atoms with E-state index in [4.69, 9.17) is 11.6 Å². The zero-order chi connectivity index (χ0) is 9.10. The molecule has 2 aromatic heterocycles. The van der Waals surface area contributed by atoms with Crippen molar-refractivity contribution in [2.24, 2.45) is 0 Å². The lowest BCUT2D eigenvalue weighted by molar-refractivity contribution is 0.791. The van der Waals surface area contributed by atoms with E-state index in [2.05, 4.69) is 20.3 Å². The van der Waals surface area contributed by atoms with Gasteiger partial charge in [-0.3, -0.25) is 0 Å². The lowest BCUT2D eigenvalue weighted by atomic mass is 10.5. The van der Waals surface area contributed by atoms with E-state index >= 15 is 0 Å². The molecule has 2 heterocycles. The van der Waals surface area contributed by atoms with Crippen LogP contribution in [0.4, 0.5) is 0 Å². The number of rotatable bonds is 2. The zero-order valence-electron chi connectivity index (χ0n) is 6.63. The monoisotopic (exact) mass is 195 g/mol. The first-order valence-corrected chi connectivity index (χ1v) is 4.16. The highest BCUT2D eigenvalue weighted by Gasteiger charge is 2.00. The summed E-state index contributed by atoms with van der Waals surface area (Å²) in [4.78, 5) is 7.73. The van der Waals surface area contributed by atoms with Crippen LogP contribution in [0.1, 0.15) is 5.69 Å². The Bertz CT molecular complexity index is 385. The van der Waals surface area contributed by atoms with Crippen LogP contribution in [-0.4, -0.2) is 25.0 Å². The predicted octanol–water partition coefficient (Wildman–Crippen LogP) is 0.796. The van der Waals surface area contributed by atoms with Crippen LogP contribution >= 0.6 is 11.6 Å². The summed E-state index contributed by atoms with van der Waals surface area (Å²) in [5, 5.41) is 7.70. The fraction of sp³-hybridized carbons (Fsp3) is 0.143. The van der Waals surface area contributed by atoms with Crippen LogP contribution in [0.5, 0.6) is 0 Å². The summed E-state index contributed by atoms with van der Waals surface area (Å²) >= 11 is 5.58. The Morgan fingerprint density at radius 1 is 1.31 bits per heavy atom. The molecule has 0 aliphatic heterocycles. The van der Waals surface area contributed by atoms with Crippen LogP contribution in [0.25, 0.3) is 5.69 Å². The van der Waals surface area contributed by atoms with Gasteiger partial charge >= 0.3 is 0 Å². The van der Waals surface area contributed by atoms with Crippen molar-refractivity contribution in [1.29, 1.82) is 0 Å². The van der Waals surface area contributed by atoms with Gasteiger partial charge in [0.05, 0.1) is 30.2 Å². The van der Waals surface area contributed by atoms with Gasteiger partial charge in [-0.25, -0.2) is 14.6 Å². The smallest absolute Gasteiger partial charge is 0.115 e. The maximum atomic E-state index is 5.58. The van der Waals surface area contributed by atoms with Crippen molar-refractivity contribution in [1.82, 2.24) is 25.0 Å². The summed E-state index contributed by atoms with van der Waals surface area (Å²) in [6, 6.07) is 0. The Labute approximate surface area is 79.4 Å². The van der Waals surface area contributed by atoms with Gasteiger partial charge in [0.2, 0.25) is 0 Å². The summed E-state index contributed by atoms with van der Waals surface area (Å²) in [5.41, 5.74) is 1.50. The molecule has 0 bridgehead atoms. The Kier molecular flexibility index (Phi) is 2.18. The Morgan fingerprint density at radius 3 is 2.69 bits per heavy atom. The molecular formula is C7H6ClN5. The topological polar surface area (TPSA) is 56.5 Å². The van der Waals surface area contributed by atoms with E-state index in [9.17, 15) is 0 Å². The molecule has 66 valence electrons.